The van der Waals surface area contributed by atoms with Crippen LogP contribution in [0.5, 0.6) is 0 Å². The smallest absolute Gasteiger partial charge is 0.253 e. The lowest BCUT2D eigenvalue weighted by Gasteiger charge is -2.25. The Morgan fingerprint density at radius 3 is 2.64 bits per heavy atom. The molecule has 0 unspecified atom stereocenters. The van der Waals surface area contributed by atoms with Crippen LogP contribution < -0.4 is 5.32 Å². The molecule has 5 heteroatoms. The normalized spacial score (nSPS) is 18.3. The van der Waals surface area contributed by atoms with Crippen molar-refractivity contribution in [1.82, 2.24) is 9.88 Å². The zero-order chi connectivity index (χ0) is 18.0. The summed E-state index contributed by atoms with van der Waals surface area (Å²) in [5, 5.41) is 3.12. The Morgan fingerprint density at radius 2 is 2.08 bits per heavy atom. The van der Waals surface area contributed by atoms with E-state index in [0.717, 1.165) is 36.3 Å². The number of nitrogens with one attached hydrogen (secondary N) is 1. The van der Waals surface area contributed by atoms with Crippen LogP contribution in [0.2, 0.25) is 0 Å². The fourth-order valence-electron chi connectivity index (χ4n) is 3.66. The highest BCUT2D eigenvalue weighted by Gasteiger charge is 2.30. The molecule has 2 aromatic rings. The van der Waals surface area contributed by atoms with Crippen LogP contribution in [0.1, 0.15) is 53.1 Å². The summed E-state index contributed by atoms with van der Waals surface area (Å²) in [5.74, 6) is -0.398. The minimum absolute atomic E-state index is 0.0796. The zero-order valence-corrected chi connectivity index (χ0v) is 15.0. The highest BCUT2D eigenvalue weighted by atomic mass is 19.1. The fraction of sp³-hybridized carbons (Fsp3) is 0.450. The average Bonchev–Trinajstić information content (AvgIpc) is 3.21. The van der Waals surface area contributed by atoms with Crippen LogP contribution in [0.15, 0.2) is 30.3 Å². The van der Waals surface area contributed by atoms with Crippen LogP contribution >= 0.6 is 0 Å². The molecule has 1 aromatic heterocycles. The summed E-state index contributed by atoms with van der Waals surface area (Å²) in [7, 11) is 0. The number of ether oxygens (including phenoxy) is 1. The van der Waals surface area contributed by atoms with Crippen molar-refractivity contribution in [2.45, 2.75) is 52.3 Å². The molecule has 2 heterocycles. The topological polar surface area (TPSA) is 43.3 Å². The molecule has 0 spiro atoms. The Morgan fingerprint density at radius 1 is 1.36 bits per heavy atom. The van der Waals surface area contributed by atoms with Gasteiger partial charge in [0.15, 0.2) is 0 Å². The van der Waals surface area contributed by atoms with Gasteiger partial charge in [-0.15, -0.1) is 0 Å². The summed E-state index contributed by atoms with van der Waals surface area (Å²) >= 11 is 0. The monoisotopic (exact) mass is 344 g/mol. The van der Waals surface area contributed by atoms with Gasteiger partial charge in [-0.1, -0.05) is 12.1 Å². The van der Waals surface area contributed by atoms with Crippen molar-refractivity contribution in [2.75, 3.05) is 6.61 Å². The number of amides is 1. The molecule has 1 aliphatic heterocycles. The van der Waals surface area contributed by atoms with Crippen LogP contribution in [0.25, 0.3) is 0 Å². The van der Waals surface area contributed by atoms with Crippen molar-refractivity contribution in [3.63, 3.8) is 0 Å². The Hall–Kier alpha value is -2.14. The lowest BCUT2D eigenvalue weighted by molar-refractivity contribution is 0.0672. The Balaban J connectivity index is 1.87. The van der Waals surface area contributed by atoms with Gasteiger partial charge in [0.25, 0.3) is 5.91 Å². The third-order valence-corrected chi connectivity index (χ3v) is 4.99. The molecule has 0 radical (unpaired) electrons. The summed E-state index contributed by atoms with van der Waals surface area (Å²) in [6, 6.07) is 7.93. The molecule has 2 atom stereocenters. The Kier molecular flexibility index (Phi) is 5.23. The Labute approximate surface area is 148 Å². The lowest BCUT2D eigenvalue weighted by Crippen LogP contribution is -2.36. The molecule has 1 amide bonds. The van der Waals surface area contributed by atoms with Gasteiger partial charge in [0.2, 0.25) is 0 Å². The molecule has 4 nitrogen and oxygen atoms in total. The van der Waals surface area contributed by atoms with E-state index in [1.54, 1.807) is 12.1 Å². The van der Waals surface area contributed by atoms with E-state index in [2.05, 4.69) is 16.8 Å². The standard InChI is InChI=1S/C20H25FN2O2/c1-4-23-13(2)12-17(14(23)3)20(24)22-19(18-6-5-11-25-18)15-7-9-16(21)10-8-15/h7-10,12,18-19H,4-6,11H2,1-3H3,(H,22,24)/t18-,19+/m1/s1. The summed E-state index contributed by atoms with van der Waals surface area (Å²) in [4.78, 5) is 12.9. The van der Waals surface area contributed by atoms with E-state index >= 15 is 0 Å². The van der Waals surface area contributed by atoms with E-state index in [4.69, 9.17) is 4.74 Å². The highest BCUT2D eigenvalue weighted by Crippen LogP contribution is 2.28. The number of aryl methyl sites for hydroxylation is 1. The maximum atomic E-state index is 13.3. The number of carbonyl (C=O) groups excluding carboxylic acids is 1. The van der Waals surface area contributed by atoms with E-state index < -0.39 is 0 Å². The number of hydrogen-bond acceptors (Lipinski definition) is 2. The van der Waals surface area contributed by atoms with E-state index in [-0.39, 0.29) is 23.9 Å². The van der Waals surface area contributed by atoms with Crippen LogP contribution in [0.4, 0.5) is 4.39 Å². The van der Waals surface area contributed by atoms with Crippen LogP contribution in [-0.4, -0.2) is 23.2 Å². The van der Waals surface area contributed by atoms with Crippen LogP contribution in [-0.2, 0) is 11.3 Å². The van der Waals surface area contributed by atoms with Crippen molar-refractivity contribution in [3.05, 3.63) is 58.7 Å². The highest BCUT2D eigenvalue weighted by molar-refractivity contribution is 5.96. The third-order valence-electron chi connectivity index (χ3n) is 4.99. The van der Waals surface area contributed by atoms with Crippen LogP contribution in [0, 0.1) is 19.7 Å². The molecule has 0 bridgehead atoms. The molecule has 134 valence electrons. The largest absolute Gasteiger partial charge is 0.376 e. The number of halogens is 1. The number of rotatable bonds is 5. The zero-order valence-electron chi connectivity index (χ0n) is 15.0. The first-order valence-corrected chi connectivity index (χ1v) is 8.86. The minimum Gasteiger partial charge on any atom is -0.376 e. The molecule has 1 N–H and O–H groups in total. The number of hydrogen-bond donors (Lipinski definition) is 1. The second kappa shape index (κ2) is 7.40. The summed E-state index contributed by atoms with van der Waals surface area (Å²) in [5.41, 5.74) is 3.58. The number of aromatic nitrogens is 1. The lowest BCUT2D eigenvalue weighted by atomic mass is 9.98. The van der Waals surface area contributed by atoms with Gasteiger partial charge in [0.05, 0.1) is 17.7 Å². The molecule has 25 heavy (non-hydrogen) atoms. The number of nitrogens with zero attached hydrogens (tertiary/aromatic N) is 1. The maximum Gasteiger partial charge on any atom is 0.253 e. The predicted molar refractivity (Wildman–Crippen MR) is 95.2 cm³/mol. The molecular formula is C20H25FN2O2. The second-order valence-corrected chi connectivity index (χ2v) is 6.58. The third kappa shape index (κ3) is 3.61. The molecular weight excluding hydrogens is 319 g/mol. The van der Waals surface area contributed by atoms with E-state index in [1.165, 1.54) is 12.1 Å². The fourth-order valence-corrected chi connectivity index (χ4v) is 3.66. The summed E-state index contributed by atoms with van der Waals surface area (Å²) < 4.78 is 21.2. The molecule has 0 aliphatic carbocycles. The molecule has 1 aromatic carbocycles. The quantitative estimate of drug-likeness (QED) is 0.893. The first-order valence-electron chi connectivity index (χ1n) is 8.86. The molecule has 1 aliphatic rings. The first kappa shape index (κ1) is 17.7. The first-order chi connectivity index (χ1) is 12.0. The van der Waals surface area contributed by atoms with Gasteiger partial charge in [-0.05, 0) is 57.4 Å². The van der Waals surface area contributed by atoms with Gasteiger partial charge in [-0.25, -0.2) is 4.39 Å². The SMILES string of the molecule is CCn1c(C)cc(C(=O)N[C@@H](c2ccc(F)cc2)[C@H]2CCCO2)c1C. The minimum atomic E-state index is -0.285. The van der Waals surface area contributed by atoms with Gasteiger partial charge in [0.1, 0.15) is 5.82 Å². The average molecular weight is 344 g/mol. The van der Waals surface area contributed by atoms with Crippen molar-refractivity contribution < 1.29 is 13.9 Å². The van der Waals surface area contributed by atoms with Gasteiger partial charge in [-0.2, -0.15) is 0 Å². The predicted octanol–water partition coefficient (Wildman–Crippen LogP) is 3.91. The van der Waals surface area contributed by atoms with Crippen molar-refractivity contribution in [1.29, 1.82) is 0 Å². The molecule has 1 saturated heterocycles. The summed E-state index contributed by atoms with van der Waals surface area (Å²) in [6.07, 6.45) is 1.78. The van der Waals surface area contributed by atoms with Gasteiger partial charge >= 0.3 is 0 Å². The molecule has 3 rings (SSSR count). The molecule has 1 fully saturated rings. The van der Waals surface area contributed by atoms with Crippen molar-refractivity contribution in [3.8, 4) is 0 Å². The van der Waals surface area contributed by atoms with E-state index in [9.17, 15) is 9.18 Å². The van der Waals surface area contributed by atoms with Gasteiger partial charge < -0.3 is 14.6 Å². The van der Waals surface area contributed by atoms with Gasteiger partial charge in [-0.3, -0.25) is 4.79 Å². The number of benzene rings is 1. The van der Waals surface area contributed by atoms with Crippen molar-refractivity contribution >= 4 is 5.91 Å². The number of carbonyl (C=O) groups is 1. The second-order valence-electron chi connectivity index (χ2n) is 6.58. The molecule has 0 saturated carbocycles. The van der Waals surface area contributed by atoms with Gasteiger partial charge in [0, 0.05) is 24.5 Å². The van der Waals surface area contributed by atoms with E-state index in [1.807, 2.05) is 19.9 Å². The summed E-state index contributed by atoms with van der Waals surface area (Å²) in [6.45, 7) is 7.56. The van der Waals surface area contributed by atoms with Crippen molar-refractivity contribution in [2.24, 2.45) is 0 Å². The maximum absolute atomic E-state index is 13.3. The van der Waals surface area contributed by atoms with Crippen LogP contribution in [0.3, 0.4) is 0 Å². The van der Waals surface area contributed by atoms with E-state index in [0.29, 0.717) is 12.2 Å². The Bertz CT molecular complexity index is 746.